The highest BCUT2D eigenvalue weighted by Gasteiger charge is 2.18. The van der Waals surface area contributed by atoms with Gasteiger partial charge in [0.25, 0.3) is 0 Å². The maximum absolute atomic E-state index is 6.08. The molecule has 1 N–H and O–H groups in total. The van der Waals surface area contributed by atoms with Gasteiger partial charge in [0.2, 0.25) is 0 Å². The Balaban J connectivity index is 1.92. The van der Waals surface area contributed by atoms with Crippen LogP contribution in [0.5, 0.6) is 0 Å². The second kappa shape index (κ2) is 6.37. The van der Waals surface area contributed by atoms with E-state index in [1.807, 2.05) is 0 Å². The van der Waals surface area contributed by atoms with Crippen LogP contribution in [0.1, 0.15) is 45.1 Å². The lowest BCUT2D eigenvalue weighted by atomic mass is 9.83. The van der Waals surface area contributed by atoms with Crippen LogP contribution in [0.4, 0.5) is 5.82 Å². The fraction of sp³-hybridized carbons (Fsp3) is 0.714. The standard InChI is InChI=1S/C14H22ClN3/c1-3-12-13(15)17-9-18-14(12)16-8-11-6-4-10(2)5-7-11/h9-11H,3-8H2,1-2H3,(H,16,17,18). The summed E-state index contributed by atoms with van der Waals surface area (Å²) in [6.45, 7) is 5.44. The third-order valence-corrected chi connectivity index (χ3v) is 4.27. The van der Waals surface area contributed by atoms with E-state index in [1.165, 1.54) is 32.0 Å². The molecule has 1 aromatic heterocycles. The average molecular weight is 268 g/mol. The Labute approximate surface area is 114 Å². The molecule has 18 heavy (non-hydrogen) atoms. The molecule has 4 heteroatoms. The maximum atomic E-state index is 6.08. The van der Waals surface area contributed by atoms with Crippen molar-refractivity contribution < 1.29 is 0 Å². The lowest BCUT2D eigenvalue weighted by Gasteiger charge is -2.26. The smallest absolute Gasteiger partial charge is 0.137 e. The van der Waals surface area contributed by atoms with Crippen LogP contribution >= 0.6 is 11.6 Å². The monoisotopic (exact) mass is 267 g/mol. The van der Waals surface area contributed by atoms with E-state index in [0.29, 0.717) is 5.15 Å². The Morgan fingerprint density at radius 2 is 2.00 bits per heavy atom. The lowest BCUT2D eigenvalue weighted by molar-refractivity contribution is 0.300. The van der Waals surface area contributed by atoms with Gasteiger partial charge in [-0.25, -0.2) is 9.97 Å². The van der Waals surface area contributed by atoms with Crippen molar-refractivity contribution in [2.24, 2.45) is 11.8 Å². The van der Waals surface area contributed by atoms with Crippen LogP contribution in [0.2, 0.25) is 5.15 Å². The van der Waals surface area contributed by atoms with Crippen molar-refractivity contribution in [2.75, 3.05) is 11.9 Å². The Hall–Kier alpha value is -0.830. The van der Waals surface area contributed by atoms with Gasteiger partial charge in [-0.1, -0.05) is 38.3 Å². The molecule has 0 spiro atoms. The van der Waals surface area contributed by atoms with Gasteiger partial charge in [-0.3, -0.25) is 0 Å². The number of halogens is 1. The summed E-state index contributed by atoms with van der Waals surface area (Å²) in [4.78, 5) is 8.33. The fourth-order valence-corrected chi connectivity index (χ4v) is 2.90. The molecule has 0 amide bonds. The summed E-state index contributed by atoms with van der Waals surface area (Å²) in [5.74, 6) is 2.59. The molecular formula is C14H22ClN3. The first-order chi connectivity index (χ1) is 8.70. The summed E-state index contributed by atoms with van der Waals surface area (Å²) in [6.07, 6.45) is 7.77. The minimum atomic E-state index is 0.576. The van der Waals surface area contributed by atoms with Gasteiger partial charge in [0.1, 0.15) is 17.3 Å². The number of nitrogens with zero attached hydrogens (tertiary/aromatic N) is 2. The van der Waals surface area contributed by atoms with Crippen molar-refractivity contribution in [3.05, 3.63) is 17.0 Å². The molecule has 1 aliphatic rings. The van der Waals surface area contributed by atoms with E-state index in [0.717, 1.165) is 36.2 Å². The summed E-state index contributed by atoms with van der Waals surface area (Å²) < 4.78 is 0. The van der Waals surface area contributed by atoms with E-state index >= 15 is 0 Å². The predicted octanol–water partition coefficient (Wildman–Crippen LogP) is 3.93. The highest BCUT2D eigenvalue weighted by Crippen LogP contribution is 2.29. The second-order valence-corrected chi connectivity index (χ2v) is 5.71. The molecule has 0 saturated heterocycles. The number of hydrogen-bond acceptors (Lipinski definition) is 3. The molecule has 1 saturated carbocycles. The third kappa shape index (κ3) is 3.35. The Morgan fingerprint density at radius 1 is 1.28 bits per heavy atom. The molecule has 1 fully saturated rings. The van der Waals surface area contributed by atoms with Crippen LogP contribution in [0.25, 0.3) is 0 Å². The van der Waals surface area contributed by atoms with Gasteiger partial charge in [-0.15, -0.1) is 0 Å². The van der Waals surface area contributed by atoms with Crippen LogP contribution in [-0.4, -0.2) is 16.5 Å². The number of anilines is 1. The van der Waals surface area contributed by atoms with Gasteiger partial charge in [0.15, 0.2) is 0 Å². The van der Waals surface area contributed by atoms with Gasteiger partial charge in [-0.2, -0.15) is 0 Å². The van der Waals surface area contributed by atoms with Crippen molar-refractivity contribution >= 4 is 17.4 Å². The highest BCUT2D eigenvalue weighted by molar-refractivity contribution is 6.30. The van der Waals surface area contributed by atoms with Gasteiger partial charge in [0, 0.05) is 12.1 Å². The molecule has 100 valence electrons. The topological polar surface area (TPSA) is 37.8 Å². The first kappa shape index (κ1) is 13.6. The number of aromatic nitrogens is 2. The Kier molecular flexibility index (Phi) is 4.81. The Morgan fingerprint density at radius 3 is 2.67 bits per heavy atom. The van der Waals surface area contributed by atoms with Gasteiger partial charge < -0.3 is 5.32 Å². The van der Waals surface area contributed by atoms with Crippen molar-refractivity contribution in [3.8, 4) is 0 Å². The molecule has 0 bridgehead atoms. The molecule has 3 nitrogen and oxygen atoms in total. The minimum Gasteiger partial charge on any atom is -0.369 e. The zero-order valence-electron chi connectivity index (χ0n) is 11.2. The van der Waals surface area contributed by atoms with Gasteiger partial charge in [-0.05, 0) is 31.1 Å². The summed E-state index contributed by atoms with van der Waals surface area (Å²) in [5.41, 5.74) is 1.03. The van der Waals surface area contributed by atoms with Crippen LogP contribution in [0.15, 0.2) is 6.33 Å². The summed E-state index contributed by atoms with van der Waals surface area (Å²) in [6, 6.07) is 0. The van der Waals surface area contributed by atoms with Gasteiger partial charge >= 0.3 is 0 Å². The van der Waals surface area contributed by atoms with E-state index < -0.39 is 0 Å². The quantitative estimate of drug-likeness (QED) is 0.840. The summed E-state index contributed by atoms with van der Waals surface area (Å²) >= 11 is 6.08. The number of hydrogen-bond donors (Lipinski definition) is 1. The second-order valence-electron chi connectivity index (χ2n) is 5.35. The van der Waals surface area contributed by atoms with Crippen LogP contribution in [0.3, 0.4) is 0 Å². The largest absolute Gasteiger partial charge is 0.369 e. The van der Waals surface area contributed by atoms with Crippen molar-refractivity contribution in [3.63, 3.8) is 0 Å². The van der Waals surface area contributed by atoms with Crippen molar-refractivity contribution in [1.82, 2.24) is 9.97 Å². The summed E-state index contributed by atoms with van der Waals surface area (Å²) in [7, 11) is 0. The zero-order valence-corrected chi connectivity index (χ0v) is 12.0. The van der Waals surface area contributed by atoms with Crippen LogP contribution in [0, 0.1) is 11.8 Å². The molecule has 0 aromatic carbocycles. The maximum Gasteiger partial charge on any atom is 0.137 e. The zero-order chi connectivity index (χ0) is 13.0. The van der Waals surface area contributed by atoms with E-state index in [4.69, 9.17) is 11.6 Å². The van der Waals surface area contributed by atoms with E-state index in [9.17, 15) is 0 Å². The summed E-state index contributed by atoms with van der Waals surface area (Å²) in [5, 5.41) is 4.03. The molecule has 1 aliphatic carbocycles. The molecule has 2 rings (SSSR count). The van der Waals surface area contributed by atoms with E-state index in [-0.39, 0.29) is 0 Å². The first-order valence-electron chi connectivity index (χ1n) is 6.94. The molecule has 0 radical (unpaired) electrons. The Bertz CT molecular complexity index is 387. The lowest BCUT2D eigenvalue weighted by Crippen LogP contribution is -2.21. The van der Waals surface area contributed by atoms with Gasteiger partial charge in [0.05, 0.1) is 0 Å². The molecule has 1 heterocycles. The minimum absolute atomic E-state index is 0.576. The first-order valence-corrected chi connectivity index (χ1v) is 7.31. The number of nitrogens with one attached hydrogen (secondary N) is 1. The molecule has 0 aliphatic heterocycles. The van der Waals surface area contributed by atoms with Crippen molar-refractivity contribution in [1.29, 1.82) is 0 Å². The molecule has 0 unspecified atom stereocenters. The van der Waals surface area contributed by atoms with Crippen LogP contribution < -0.4 is 5.32 Å². The van der Waals surface area contributed by atoms with E-state index in [1.54, 1.807) is 0 Å². The average Bonchev–Trinajstić information content (AvgIpc) is 2.38. The van der Waals surface area contributed by atoms with Crippen LogP contribution in [-0.2, 0) is 6.42 Å². The number of rotatable bonds is 4. The molecule has 1 aromatic rings. The third-order valence-electron chi connectivity index (χ3n) is 3.94. The SMILES string of the molecule is CCc1c(Cl)ncnc1NCC1CCC(C)CC1. The predicted molar refractivity (Wildman–Crippen MR) is 76.0 cm³/mol. The van der Waals surface area contributed by atoms with E-state index in [2.05, 4.69) is 29.1 Å². The van der Waals surface area contributed by atoms with Crippen molar-refractivity contribution in [2.45, 2.75) is 46.0 Å². The molecular weight excluding hydrogens is 246 g/mol. The fourth-order valence-electron chi connectivity index (χ4n) is 2.63. The molecule has 0 atom stereocenters. The highest BCUT2D eigenvalue weighted by atomic mass is 35.5. The normalized spacial score (nSPS) is 23.9.